The van der Waals surface area contributed by atoms with Gasteiger partial charge in [0, 0.05) is 20.8 Å². The first kappa shape index (κ1) is 17.8. The number of aliphatic carboxylic acids is 1. The lowest BCUT2D eigenvalue weighted by molar-refractivity contribution is -0.145. The van der Waals surface area contributed by atoms with Crippen LogP contribution in [0.2, 0.25) is 0 Å². The number of hydrogen-bond acceptors (Lipinski definition) is 5. The molecule has 0 bridgehead atoms. The molecule has 7 nitrogen and oxygen atoms in total. The van der Waals surface area contributed by atoms with Gasteiger partial charge >= 0.3 is 5.97 Å². The maximum Gasteiger partial charge on any atom is 0.324 e. The van der Waals surface area contributed by atoms with Gasteiger partial charge < -0.3 is 14.6 Å². The summed E-state index contributed by atoms with van der Waals surface area (Å²) >= 11 is 0. The van der Waals surface area contributed by atoms with Gasteiger partial charge in [-0.1, -0.05) is 30.3 Å². The molecule has 2 aromatic carbocycles. The Hall–Kier alpha value is -2.00. The highest BCUT2D eigenvalue weighted by molar-refractivity contribution is 7.89. The first-order valence-corrected chi connectivity index (χ1v) is 9.13. The average Bonchev–Trinajstić information content (AvgIpc) is 3.01. The van der Waals surface area contributed by atoms with Gasteiger partial charge in [-0.2, -0.15) is 4.31 Å². The van der Waals surface area contributed by atoms with Crippen molar-refractivity contribution in [1.29, 1.82) is 0 Å². The first-order valence-electron chi connectivity index (χ1n) is 7.69. The summed E-state index contributed by atoms with van der Waals surface area (Å²) < 4.78 is 37.5. The van der Waals surface area contributed by atoms with Gasteiger partial charge in [-0.25, -0.2) is 8.42 Å². The second-order valence-electron chi connectivity index (χ2n) is 5.84. The molecule has 1 saturated heterocycles. The maximum absolute atomic E-state index is 13.1. The zero-order valence-corrected chi connectivity index (χ0v) is 14.6. The van der Waals surface area contributed by atoms with Crippen LogP contribution in [-0.2, 0) is 24.3 Å². The number of ether oxygens (including phenoxy) is 2. The lowest BCUT2D eigenvalue weighted by atomic mass is 10.1. The van der Waals surface area contributed by atoms with E-state index >= 15 is 0 Å². The fraction of sp³-hybridized carbons (Fsp3) is 0.353. The largest absolute Gasteiger partial charge is 0.480 e. The van der Waals surface area contributed by atoms with Crippen molar-refractivity contribution >= 4 is 26.8 Å². The van der Waals surface area contributed by atoms with Gasteiger partial charge in [0.05, 0.1) is 11.0 Å². The third-order valence-electron chi connectivity index (χ3n) is 4.50. The average molecular weight is 365 g/mol. The molecule has 1 fully saturated rings. The van der Waals surface area contributed by atoms with Crippen LogP contribution in [0.15, 0.2) is 47.4 Å². The van der Waals surface area contributed by atoms with Gasteiger partial charge in [-0.05, 0) is 22.9 Å². The molecule has 1 aliphatic heterocycles. The third-order valence-corrected chi connectivity index (χ3v) is 6.35. The van der Waals surface area contributed by atoms with E-state index in [9.17, 15) is 18.3 Å². The van der Waals surface area contributed by atoms with Gasteiger partial charge in [-0.15, -0.1) is 0 Å². The second-order valence-corrected chi connectivity index (χ2v) is 7.73. The summed E-state index contributed by atoms with van der Waals surface area (Å²) in [5, 5.41) is 11.2. The number of hydrogen-bond donors (Lipinski definition) is 1. The summed E-state index contributed by atoms with van der Waals surface area (Å²) in [5.74, 6) is -1.27. The SMILES string of the molecule is CO[C@@H]1[C@H](OC)CN(S(=O)(=O)c2ccc3ccccc3c2)[C@H]1C(=O)O. The second kappa shape index (κ2) is 6.72. The van der Waals surface area contributed by atoms with Crippen LogP contribution in [0.1, 0.15) is 0 Å². The van der Waals surface area contributed by atoms with Crippen LogP contribution < -0.4 is 0 Å². The zero-order chi connectivity index (χ0) is 18.2. The molecule has 0 radical (unpaired) electrons. The quantitative estimate of drug-likeness (QED) is 0.859. The van der Waals surface area contributed by atoms with Crippen molar-refractivity contribution in [3.05, 3.63) is 42.5 Å². The fourth-order valence-corrected chi connectivity index (χ4v) is 4.86. The van der Waals surface area contributed by atoms with Crippen molar-refractivity contribution in [3.8, 4) is 0 Å². The van der Waals surface area contributed by atoms with Crippen LogP contribution in [0.25, 0.3) is 10.8 Å². The summed E-state index contributed by atoms with van der Waals surface area (Å²) in [6, 6.07) is 10.8. The van der Waals surface area contributed by atoms with E-state index in [2.05, 4.69) is 0 Å². The predicted molar refractivity (Wildman–Crippen MR) is 90.9 cm³/mol. The van der Waals surface area contributed by atoms with Crippen LogP contribution in [0, 0.1) is 0 Å². The minimum Gasteiger partial charge on any atom is -0.480 e. The highest BCUT2D eigenvalue weighted by Gasteiger charge is 2.51. The number of methoxy groups -OCH3 is 2. The van der Waals surface area contributed by atoms with Gasteiger partial charge in [-0.3, -0.25) is 4.79 Å². The van der Waals surface area contributed by atoms with Crippen LogP contribution in [0.5, 0.6) is 0 Å². The van der Waals surface area contributed by atoms with Crippen LogP contribution >= 0.6 is 0 Å². The van der Waals surface area contributed by atoms with Crippen molar-refractivity contribution in [2.45, 2.75) is 23.1 Å². The number of carboxylic acid groups (broad SMARTS) is 1. The van der Waals surface area contributed by atoms with Gasteiger partial charge in [0.25, 0.3) is 0 Å². The van der Waals surface area contributed by atoms with E-state index in [1.54, 1.807) is 12.1 Å². The lowest BCUT2D eigenvalue weighted by Gasteiger charge is -2.23. The maximum atomic E-state index is 13.1. The molecule has 0 amide bonds. The van der Waals surface area contributed by atoms with Crippen molar-refractivity contribution in [2.24, 2.45) is 0 Å². The first-order chi connectivity index (χ1) is 11.9. The van der Waals surface area contributed by atoms with E-state index in [4.69, 9.17) is 9.47 Å². The number of fused-ring (bicyclic) bond motifs is 1. The summed E-state index contributed by atoms with van der Waals surface area (Å²) in [6.45, 7) is -0.0822. The molecule has 1 aliphatic rings. The normalized spacial score (nSPS) is 24.6. The van der Waals surface area contributed by atoms with Crippen molar-refractivity contribution in [3.63, 3.8) is 0 Å². The smallest absolute Gasteiger partial charge is 0.324 e. The molecule has 134 valence electrons. The minimum absolute atomic E-state index is 0.0454. The Bertz CT molecular complexity index is 897. The molecular formula is C17H19NO6S. The Morgan fingerprint density at radius 3 is 2.40 bits per heavy atom. The molecule has 0 spiro atoms. The molecule has 1 heterocycles. The Balaban J connectivity index is 2.06. The highest BCUT2D eigenvalue weighted by Crippen LogP contribution is 2.31. The van der Waals surface area contributed by atoms with E-state index in [0.29, 0.717) is 0 Å². The van der Waals surface area contributed by atoms with E-state index in [-0.39, 0.29) is 11.4 Å². The summed E-state index contributed by atoms with van der Waals surface area (Å²) in [5.41, 5.74) is 0. The molecule has 1 N–H and O–H groups in total. The highest BCUT2D eigenvalue weighted by atomic mass is 32.2. The Morgan fingerprint density at radius 1 is 1.12 bits per heavy atom. The van der Waals surface area contributed by atoms with Gasteiger partial charge in [0.15, 0.2) is 6.04 Å². The number of carbonyl (C=O) groups is 1. The Kier molecular flexibility index (Phi) is 4.79. The monoisotopic (exact) mass is 365 g/mol. The van der Waals surface area contributed by atoms with Gasteiger partial charge in [0.2, 0.25) is 10.0 Å². The molecule has 3 rings (SSSR count). The van der Waals surface area contributed by atoms with Gasteiger partial charge in [0.1, 0.15) is 6.10 Å². The van der Waals surface area contributed by atoms with Crippen LogP contribution in [-0.4, -0.2) is 62.8 Å². The molecule has 0 saturated carbocycles. The topological polar surface area (TPSA) is 93.1 Å². The summed E-state index contributed by atoms with van der Waals surface area (Å²) in [6.07, 6.45) is -1.53. The molecule has 8 heteroatoms. The molecule has 25 heavy (non-hydrogen) atoms. The molecule has 0 aromatic heterocycles. The molecular weight excluding hydrogens is 346 g/mol. The standard InChI is InChI=1S/C17H19NO6S/c1-23-14-10-18(15(17(19)20)16(14)24-2)25(21,22)13-8-7-11-5-3-4-6-12(11)9-13/h3-9,14-16H,10H2,1-2H3,(H,19,20)/t14-,15-,16-/m1/s1. The zero-order valence-electron chi connectivity index (χ0n) is 13.8. The van der Waals surface area contributed by atoms with E-state index in [0.717, 1.165) is 15.1 Å². The number of carboxylic acids is 1. The Labute approximate surface area is 145 Å². The summed E-state index contributed by atoms with van der Waals surface area (Å²) in [7, 11) is -1.27. The van der Waals surface area contributed by atoms with E-state index < -0.39 is 34.2 Å². The predicted octanol–water partition coefficient (Wildman–Crippen LogP) is 1.33. The number of sulfonamides is 1. The van der Waals surface area contributed by atoms with Crippen molar-refractivity contribution in [2.75, 3.05) is 20.8 Å². The Morgan fingerprint density at radius 2 is 1.80 bits per heavy atom. The molecule has 2 aromatic rings. The minimum atomic E-state index is -4.02. The van der Waals surface area contributed by atoms with E-state index in [1.165, 1.54) is 20.3 Å². The number of nitrogens with zero attached hydrogens (tertiary/aromatic N) is 1. The summed E-state index contributed by atoms with van der Waals surface area (Å²) in [4.78, 5) is 11.7. The van der Waals surface area contributed by atoms with Crippen LogP contribution in [0.3, 0.4) is 0 Å². The molecule has 0 aliphatic carbocycles. The van der Waals surface area contributed by atoms with E-state index in [1.807, 2.05) is 24.3 Å². The van der Waals surface area contributed by atoms with Crippen LogP contribution in [0.4, 0.5) is 0 Å². The molecule has 0 unspecified atom stereocenters. The number of rotatable bonds is 5. The lowest BCUT2D eigenvalue weighted by Crippen LogP contribution is -2.46. The number of benzene rings is 2. The van der Waals surface area contributed by atoms with Crippen molar-refractivity contribution in [1.82, 2.24) is 4.31 Å². The third kappa shape index (κ3) is 3.02. The van der Waals surface area contributed by atoms with Crippen molar-refractivity contribution < 1.29 is 27.8 Å². The molecule has 3 atom stereocenters. The fourth-order valence-electron chi connectivity index (χ4n) is 3.23.